The van der Waals surface area contributed by atoms with Crippen molar-refractivity contribution in [3.8, 4) is 16.9 Å². The second-order valence-corrected chi connectivity index (χ2v) is 5.97. The van der Waals surface area contributed by atoms with E-state index in [0.29, 0.717) is 31.2 Å². The number of benzene rings is 1. The highest BCUT2D eigenvalue weighted by Gasteiger charge is 2.14. The van der Waals surface area contributed by atoms with Gasteiger partial charge in [0, 0.05) is 32.0 Å². The van der Waals surface area contributed by atoms with Gasteiger partial charge in [0.2, 0.25) is 0 Å². The smallest absolute Gasteiger partial charge is 0.307 e. The molecule has 1 N–H and O–H groups in total. The molecular formula is C19H22N4O4. The van der Waals surface area contributed by atoms with Crippen LogP contribution in [0.3, 0.4) is 0 Å². The van der Waals surface area contributed by atoms with E-state index in [-0.39, 0.29) is 18.1 Å². The number of hydrogen-bond acceptors (Lipinski definition) is 7. The molecule has 0 atom stereocenters. The van der Waals surface area contributed by atoms with E-state index in [1.54, 1.807) is 36.0 Å². The number of phenolic OH excluding ortho intramolecular Hbond substituents is 1. The zero-order valence-corrected chi connectivity index (χ0v) is 15.3. The second-order valence-electron chi connectivity index (χ2n) is 5.97. The van der Waals surface area contributed by atoms with Crippen LogP contribution in [-0.2, 0) is 14.3 Å². The highest BCUT2D eigenvalue weighted by atomic mass is 16.5. The van der Waals surface area contributed by atoms with Gasteiger partial charge >= 0.3 is 5.97 Å². The Morgan fingerprint density at radius 1 is 1.26 bits per heavy atom. The second kappa shape index (κ2) is 8.50. The maximum Gasteiger partial charge on any atom is 0.307 e. The average molecular weight is 370 g/mol. The molecule has 0 aliphatic rings. The molecular weight excluding hydrogens is 348 g/mol. The molecule has 0 saturated carbocycles. The SMILES string of the molecule is COCCN(CCC(=O)OC)c1ccn2ncc(-c3cccc(O)c3)c2n1. The third-order valence-corrected chi connectivity index (χ3v) is 4.21. The summed E-state index contributed by atoms with van der Waals surface area (Å²) in [5, 5.41) is 14.1. The zero-order chi connectivity index (χ0) is 19.2. The normalized spacial score (nSPS) is 10.9. The topological polar surface area (TPSA) is 89.2 Å². The van der Waals surface area contributed by atoms with Gasteiger partial charge in [-0.25, -0.2) is 9.50 Å². The summed E-state index contributed by atoms with van der Waals surface area (Å²) in [5.74, 6) is 0.622. The van der Waals surface area contributed by atoms with E-state index in [9.17, 15) is 9.90 Å². The van der Waals surface area contributed by atoms with Gasteiger partial charge in [0.1, 0.15) is 11.6 Å². The summed E-state index contributed by atoms with van der Waals surface area (Å²) >= 11 is 0. The number of carbonyl (C=O) groups is 1. The van der Waals surface area contributed by atoms with Crippen molar-refractivity contribution in [2.24, 2.45) is 0 Å². The monoisotopic (exact) mass is 370 g/mol. The number of anilines is 1. The Balaban J connectivity index is 1.94. The minimum atomic E-state index is -0.275. The van der Waals surface area contributed by atoms with Crippen LogP contribution in [0.4, 0.5) is 5.82 Å². The van der Waals surface area contributed by atoms with Gasteiger partial charge in [0.15, 0.2) is 5.65 Å². The average Bonchev–Trinajstić information content (AvgIpc) is 3.11. The van der Waals surface area contributed by atoms with Crippen molar-refractivity contribution in [1.29, 1.82) is 0 Å². The number of phenols is 1. The van der Waals surface area contributed by atoms with Gasteiger partial charge in [-0.1, -0.05) is 12.1 Å². The first-order chi connectivity index (χ1) is 13.1. The van der Waals surface area contributed by atoms with Gasteiger partial charge in [-0.3, -0.25) is 4.79 Å². The Bertz CT molecular complexity index is 925. The molecule has 0 fully saturated rings. The van der Waals surface area contributed by atoms with Crippen LogP contribution in [-0.4, -0.2) is 59.6 Å². The molecule has 2 aromatic heterocycles. The van der Waals surface area contributed by atoms with Gasteiger partial charge in [-0.15, -0.1) is 0 Å². The molecule has 27 heavy (non-hydrogen) atoms. The lowest BCUT2D eigenvalue weighted by Crippen LogP contribution is -2.30. The fourth-order valence-corrected chi connectivity index (χ4v) is 2.78. The number of nitrogens with zero attached hydrogens (tertiary/aromatic N) is 4. The fourth-order valence-electron chi connectivity index (χ4n) is 2.78. The zero-order valence-electron chi connectivity index (χ0n) is 15.3. The first-order valence-electron chi connectivity index (χ1n) is 8.57. The number of aromatic nitrogens is 3. The summed E-state index contributed by atoms with van der Waals surface area (Å²) in [6.07, 6.45) is 3.79. The Morgan fingerprint density at radius 2 is 2.11 bits per heavy atom. The first kappa shape index (κ1) is 18.7. The van der Waals surface area contributed by atoms with Crippen molar-refractivity contribution in [2.75, 3.05) is 38.8 Å². The van der Waals surface area contributed by atoms with Crippen molar-refractivity contribution in [2.45, 2.75) is 6.42 Å². The molecule has 1 aromatic carbocycles. The Labute approximate surface area is 157 Å². The number of methoxy groups -OCH3 is 2. The molecule has 3 aromatic rings. The van der Waals surface area contributed by atoms with Gasteiger partial charge in [-0.05, 0) is 23.8 Å². The third kappa shape index (κ3) is 4.35. The molecule has 0 saturated heterocycles. The van der Waals surface area contributed by atoms with Crippen LogP contribution in [0.1, 0.15) is 6.42 Å². The van der Waals surface area contributed by atoms with Gasteiger partial charge < -0.3 is 19.5 Å². The molecule has 142 valence electrons. The lowest BCUT2D eigenvalue weighted by atomic mass is 10.1. The number of hydrogen-bond donors (Lipinski definition) is 1. The molecule has 2 heterocycles. The largest absolute Gasteiger partial charge is 0.508 e. The number of fused-ring (bicyclic) bond motifs is 1. The standard InChI is InChI=1S/C19H22N4O4/c1-26-11-10-22(8-7-18(25)27-2)17-6-9-23-19(21-17)16(13-20-23)14-4-3-5-15(24)12-14/h3-6,9,12-13,24H,7-8,10-11H2,1-2H3. The maximum absolute atomic E-state index is 11.5. The number of esters is 1. The Hall–Kier alpha value is -3.13. The van der Waals surface area contributed by atoms with E-state index < -0.39 is 0 Å². The van der Waals surface area contributed by atoms with Crippen molar-refractivity contribution in [1.82, 2.24) is 14.6 Å². The lowest BCUT2D eigenvalue weighted by molar-refractivity contribution is -0.140. The molecule has 0 amide bonds. The summed E-state index contributed by atoms with van der Waals surface area (Å²) in [6.45, 7) is 1.56. The summed E-state index contributed by atoms with van der Waals surface area (Å²) in [4.78, 5) is 18.2. The number of aromatic hydroxyl groups is 1. The van der Waals surface area contributed by atoms with Gasteiger partial charge in [0.05, 0.1) is 26.3 Å². The molecule has 0 unspecified atom stereocenters. The van der Waals surface area contributed by atoms with Crippen molar-refractivity contribution in [3.63, 3.8) is 0 Å². The summed E-state index contributed by atoms with van der Waals surface area (Å²) < 4.78 is 11.6. The van der Waals surface area contributed by atoms with Crippen molar-refractivity contribution >= 4 is 17.4 Å². The molecule has 0 radical (unpaired) electrons. The predicted octanol–water partition coefficient (Wildman–Crippen LogP) is 2.12. The minimum Gasteiger partial charge on any atom is -0.508 e. The van der Waals surface area contributed by atoms with Crippen molar-refractivity contribution < 1.29 is 19.4 Å². The van der Waals surface area contributed by atoms with E-state index in [0.717, 1.165) is 11.1 Å². The molecule has 8 heteroatoms. The molecule has 8 nitrogen and oxygen atoms in total. The van der Waals surface area contributed by atoms with Gasteiger partial charge in [-0.2, -0.15) is 5.10 Å². The van der Waals surface area contributed by atoms with E-state index in [1.807, 2.05) is 23.2 Å². The van der Waals surface area contributed by atoms with Crippen LogP contribution in [0.5, 0.6) is 5.75 Å². The van der Waals surface area contributed by atoms with Crippen LogP contribution in [0.2, 0.25) is 0 Å². The molecule has 3 rings (SSSR count). The van der Waals surface area contributed by atoms with Crippen LogP contribution >= 0.6 is 0 Å². The molecule has 0 bridgehead atoms. The highest BCUT2D eigenvalue weighted by Crippen LogP contribution is 2.27. The predicted molar refractivity (Wildman–Crippen MR) is 101 cm³/mol. The Morgan fingerprint density at radius 3 is 2.85 bits per heavy atom. The quantitative estimate of drug-likeness (QED) is 0.608. The van der Waals surface area contributed by atoms with Crippen LogP contribution in [0.25, 0.3) is 16.8 Å². The maximum atomic E-state index is 11.5. The fraction of sp³-hybridized carbons (Fsp3) is 0.316. The molecule has 0 aliphatic carbocycles. The Kier molecular flexibility index (Phi) is 5.87. The molecule has 0 spiro atoms. The number of rotatable bonds is 8. The van der Waals surface area contributed by atoms with E-state index in [1.165, 1.54) is 7.11 Å². The highest BCUT2D eigenvalue weighted by molar-refractivity contribution is 5.78. The van der Waals surface area contributed by atoms with Crippen LogP contribution in [0.15, 0.2) is 42.7 Å². The minimum absolute atomic E-state index is 0.183. The summed E-state index contributed by atoms with van der Waals surface area (Å²) in [5.41, 5.74) is 2.30. The first-order valence-corrected chi connectivity index (χ1v) is 8.57. The van der Waals surface area contributed by atoms with Crippen LogP contribution in [0, 0.1) is 0 Å². The summed E-state index contributed by atoms with van der Waals surface area (Å²) in [7, 11) is 3.01. The van der Waals surface area contributed by atoms with Crippen LogP contribution < -0.4 is 4.90 Å². The lowest BCUT2D eigenvalue weighted by Gasteiger charge is -2.23. The van der Waals surface area contributed by atoms with Crippen molar-refractivity contribution in [3.05, 3.63) is 42.7 Å². The van der Waals surface area contributed by atoms with Gasteiger partial charge in [0.25, 0.3) is 0 Å². The van der Waals surface area contributed by atoms with E-state index in [2.05, 4.69) is 5.10 Å². The molecule has 0 aliphatic heterocycles. The number of carbonyl (C=O) groups excluding carboxylic acids is 1. The number of ether oxygens (including phenoxy) is 2. The van der Waals surface area contributed by atoms with E-state index >= 15 is 0 Å². The van der Waals surface area contributed by atoms with E-state index in [4.69, 9.17) is 14.5 Å². The summed E-state index contributed by atoms with van der Waals surface area (Å²) in [6, 6.07) is 8.81. The third-order valence-electron chi connectivity index (χ3n) is 4.21.